The van der Waals surface area contributed by atoms with E-state index in [9.17, 15) is 19.4 Å². The topological polar surface area (TPSA) is 60.8 Å². The molecule has 0 bridgehead atoms. The summed E-state index contributed by atoms with van der Waals surface area (Å²) in [6, 6.07) is 13.8. The van der Waals surface area contributed by atoms with Crippen LogP contribution < -0.4 is 0 Å². The van der Waals surface area contributed by atoms with E-state index in [-0.39, 0.29) is 17.9 Å². The standard InChI is InChI=1S/C22H24FNO3/c23-19-8-16(6-7-20(19)25)21(26)14-24-12-17-10-22(27,11-18(17)13-24)9-15-4-2-1-3-5-15/h1-8,17-18,25,27H,9-14H2. The molecule has 4 rings (SSSR count). The van der Waals surface area contributed by atoms with Gasteiger partial charge in [-0.2, -0.15) is 0 Å². The predicted molar refractivity (Wildman–Crippen MR) is 100 cm³/mol. The average molecular weight is 369 g/mol. The number of ketones is 1. The minimum atomic E-state index is -0.773. The minimum absolute atomic E-state index is 0.145. The fourth-order valence-corrected chi connectivity index (χ4v) is 4.78. The summed E-state index contributed by atoms with van der Waals surface area (Å²) in [6.45, 7) is 1.82. The van der Waals surface area contributed by atoms with Gasteiger partial charge in [0.15, 0.2) is 17.3 Å². The van der Waals surface area contributed by atoms with Gasteiger partial charge in [-0.15, -0.1) is 0 Å². The maximum Gasteiger partial charge on any atom is 0.176 e. The number of fused-ring (bicyclic) bond motifs is 1. The molecule has 2 aromatic rings. The first-order valence-corrected chi connectivity index (χ1v) is 9.42. The Bertz CT molecular complexity index is 825. The summed E-state index contributed by atoms with van der Waals surface area (Å²) in [4.78, 5) is 14.5. The molecule has 2 atom stereocenters. The molecule has 5 heteroatoms. The van der Waals surface area contributed by atoms with Crippen molar-refractivity contribution in [2.75, 3.05) is 19.6 Å². The van der Waals surface area contributed by atoms with Gasteiger partial charge in [0, 0.05) is 25.1 Å². The maximum absolute atomic E-state index is 13.5. The Labute approximate surface area is 158 Å². The van der Waals surface area contributed by atoms with Crippen LogP contribution in [0.4, 0.5) is 4.39 Å². The number of halogens is 1. The van der Waals surface area contributed by atoms with Gasteiger partial charge in [0.1, 0.15) is 0 Å². The van der Waals surface area contributed by atoms with Crippen LogP contribution in [0.25, 0.3) is 0 Å². The Morgan fingerprint density at radius 2 is 1.78 bits per heavy atom. The molecule has 1 aliphatic heterocycles. The zero-order valence-electron chi connectivity index (χ0n) is 15.1. The molecule has 1 heterocycles. The summed E-state index contributed by atoms with van der Waals surface area (Å²) in [5.74, 6) is -0.579. The van der Waals surface area contributed by atoms with Crippen LogP contribution in [-0.2, 0) is 6.42 Å². The molecular formula is C22H24FNO3. The zero-order chi connectivity index (χ0) is 19.0. The molecule has 4 nitrogen and oxygen atoms in total. The Kier molecular flexibility index (Phi) is 4.74. The van der Waals surface area contributed by atoms with Gasteiger partial charge in [0.25, 0.3) is 0 Å². The van der Waals surface area contributed by atoms with E-state index in [1.807, 2.05) is 30.3 Å². The van der Waals surface area contributed by atoms with Gasteiger partial charge < -0.3 is 10.2 Å². The van der Waals surface area contributed by atoms with E-state index in [2.05, 4.69) is 4.90 Å². The normalized spacial score (nSPS) is 27.6. The van der Waals surface area contributed by atoms with Crippen LogP contribution in [0.15, 0.2) is 48.5 Å². The molecule has 142 valence electrons. The number of rotatable bonds is 5. The van der Waals surface area contributed by atoms with Crippen LogP contribution >= 0.6 is 0 Å². The van der Waals surface area contributed by atoms with E-state index >= 15 is 0 Å². The van der Waals surface area contributed by atoms with Crippen molar-refractivity contribution in [2.45, 2.75) is 24.9 Å². The van der Waals surface area contributed by atoms with Gasteiger partial charge in [-0.3, -0.25) is 9.69 Å². The molecule has 2 aromatic carbocycles. The molecule has 1 saturated heterocycles. The number of aromatic hydroxyl groups is 1. The van der Waals surface area contributed by atoms with Gasteiger partial charge in [0.05, 0.1) is 12.1 Å². The molecule has 2 aliphatic rings. The summed E-state index contributed by atoms with van der Waals surface area (Å²) in [5.41, 5.74) is 0.775. The molecule has 0 aromatic heterocycles. The lowest BCUT2D eigenvalue weighted by molar-refractivity contribution is 0.0355. The Morgan fingerprint density at radius 3 is 2.41 bits per heavy atom. The maximum atomic E-state index is 13.5. The first-order chi connectivity index (χ1) is 12.9. The highest BCUT2D eigenvalue weighted by molar-refractivity contribution is 5.97. The minimum Gasteiger partial charge on any atom is -0.505 e. The Hall–Kier alpha value is -2.24. The van der Waals surface area contributed by atoms with E-state index < -0.39 is 17.2 Å². The number of hydrogen-bond donors (Lipinski definition) is 2. The molecule has 2 unspecified atom stereocenters. The molecular weight excluding hydrogens is 345 g/mol. The molecule has 1 saturated carbocycles. The lowest BCUT2D eigenvalue weighted by atomic mass is 9.91. The number of Topliss-reactive ketones (excluding diaryl/α,β-unsaturated/α-hetero) is 1. The third kappa shape index (κ3) is 3.89. The fourth-order valence-electron chi connectivity index (χ4n) is 4.78. The number of carbonyl (C=O) groups excluding carboxylic acids is 1. The number of phenolic OH excluding ortho intramolecular Hbond substituents is 1. The number of carbonyl (C=O) groups is 1. The molecule has 0 spiro atoms. The monoisotopic (exact) mass is 369 g/mol. The molecule has 0 amide bonds. The smallest absolute Gasteiger partial charge is 0.176 e. The summed E-state index contributed by atoms with van der Waals surface area (Å²) in [5, 5.41) is 20.3. The largest absolute Gasteiger partial charge is 0.505 e. The highest BCUT2D eigenvalue weighted by Crippen LogP contribution is 2.45. The van der Waals surface area contributed by atoms with Crippen LogP contribution in [0.3, 0.4) is 0 Å². The van der Waals surface area contributed by atoms with E-state index in [4.69, 9.17) is 0 Å². The van der Waals surface area contributed by atoms with Crippen LogP contribution in [0.5, 0.6) is 5.75 Å². The summed E-state index contributed by atoms with van der Waals surface area (Å²) >= 11 is 0. The van der Waals surface area contributed by atoms with Crippen molar-refractivity contribution in [1.29, 1.82) is 0 Å². The van der Waals surface area contributed by atoms with E-state index in [1.165, 1.54) is 12.1 Å². The first kappa shape index (κ1) is 18.1. The molecule has 2 N–H and O–H groups in total. The van der Waals surface area contributed by atoms with Crippen LogP contribution in [0, 0.1) is 17.7 Å². The lowest BCUT2D eigenvalue weighted by Crippen LogP contribution is -2.34. The highest BCUT2D eigenvalue weighted by atomic mass is 19.1. The van der Waals surface area contributed by atoms with E-state index in [1.54, 1.807) is 0 Å². The summed E-state index contributed by atoms with van der Waals surface area (Å²) < 4.78 is 13.5. The third-order valence-corrected chi connectivity index (χ3v) is 5.95. The quantitative estimate of drug-likeness (QED) is 0.796. The van der Waals surface area contributed by atoms with Crippen molar-refractivity contribution < 1.29 is 19.4 Å². The number of aliphatic hydroxyl groups is 1. The Balaban J connectivity index is 1.34. The van der Waals surface area contributed by atoms with Crippen molar-refractivity contribution >= 4 is 5.78 Å². The van der Waals surface area contributed by atoms with Gasteiger partial charge in [0.2, 0.25) is 0 Å². The van der Waals surface area contributed by atoms with Crippen molar-refractivity contribution in [3.8, 4) is 5.75 Å². The Morgan fingerprint density at radius 1 is 1.11 bits per heavy atom. The summed E-state index contributed by atoms with van der Waals surface area (Å²) in [6.07, 6.45) is 2.18. The number of hydrogen-bond acceptors (Lipinski definition) is 4. The molecule has 0 radical (unpaired) electrons. The second-order valence-corrected chi connectivity index (χ2v) is 8.10. The van der Waals surface area contributed by atoms with Crippen molar-refractivity contribution in [3.63, 3.8) is 0 Å². The second-order valence-electron chi connectivity index (χ2n) is 8.10. The highest BCUT2D eigenvalue weighted by Gasteiger charge is 2.48. The SMILES string of the molecule is O=C(CN1CC2CC(O)(Cc3ccccc3)CC2C1)c1ccc(O)c(F)c1. The first-order valence-electron chi connectivity index (χ1n) is 9.42. The second kappa shape index (κ2) is 7.06. The van der Waals surface area contributed by atoms with Crippen molar-refractivity contribution in [2.24, 2.45) is 11.8 Å². The molecule has 2 fully saturated rings. The third-order valence-electron chi connectivity index (χ3n) is 5.95. The molecule has 27 heavy (non-hydrogen) atoms. The number of phenols is 1. The van der Waals surface area contributed by atoms with Gasteiger partial charge in [-0.05, 0) is 48.4 Å². The molecule has 1 aliphatic carbocycles. The van der Waals surface area contributed by atoms with Gasteiger partial charge in [-0.1, -0.05) is 30.3 Å². The van der Waals surface area contributed by atoms with E-state index in [0.29, 0.717) is 18.3 Å². The lowest BCUT2D eigenvalue weighted by Gasteiger charge is -2.26. The number of nitrogens with zero attached hydrogens (tertiary/aromatic N) is 1. The van der Waals surface area contributed by atoms with Crippen molar-refractivity contribution in [3.05, 3.63) is 65.5 Å². The predicted octanol–water partition coefficient (Wildman–Crippen LogP) is 3.03. The van der Waals surface area contributed by atoms with Gasteiger partial charge in [-0.25, -0.2) is 4.39 Å². The fraction of sp³-hybridized carbons (Fsp3) is 0.409. The van der Waals surface area contributed by atoms with Crippen LogP contribution in [0.2, 0.25) is 0 Å². The van der Waals surface area contributed by atoms with Crippen molar-refractivity contribution in [1.82, 2.24) is 4.90 Å². The van der Waals surface area contributed by atoms with E-state index in [0.717, 1.165) is 37.6 Å². The van der Waals surface area contributed by atoms with Crippen LogP contribution in [0.1, 0.15) is 28.8 Å². The zero-order valence-corrected chi connectivity index (χ0v) is 15.1. The van der Waals surface area contributed by atoms with Crippen LogP contribution in [-0.4, -0.2) is 46.1 Å². The van der Waals surface area contributed by atoms with Gasteiger partial charge >= 0.3 is 0 Å². The number of likely N-dealkylation sites (tertiary alicyclic amines) is 1. The number of benzene rings is 2. The summed E-state index contributed by atoms with van der Waals surface area (Å²) in [7, 11) is 0. The average Bonchev–Trinajstić information content (AvgIpc) is 3.11.